The Hall–Kier alpha value is -3.00. The fraction of sp³-hybridized carbons (Fsp3) is 0.273. The van der Waals surface area contributed by atoms with Gasteiger partial charge in [0.1, 0.15) is 11.6 Å². The topological polar surface area (TPSA) is 82.8 Å². The predicted octanol–water partition coefficient (Wildman–Crippen LogP) is 3.94. The van der Waals surface area contributed by atoms with E-state index in [1.165, 1.54) is 18.0 Å². The van der Waals surface area contributed by atoms with Crippen LogP contribution < -0.4 is 10.3 Å². The lowest BCUT2D eigenvalue weighted by Gasteiger charge is -2.10. The molecular weight excluding hydrogens is 450 g/mol. The summed E-state index contributed by atoms with van der Waals surface area (Å²) in [4.78, 5) is 29.2. The standard InChI is InChI=1S/C22H22BrN3O4/c1-3-4-9-20-25-18-11-10-16(23)12-17(18)22(28)26(20)24-13-15-7-5-6-8-19(15)30-14-21(27)29-2/h5-8,10-13H,3-4,9,14H2,1-2H3. The highest BCUT2D eigenvalue weighted by Gasteiger charge is 2.11. The van der Waals surface area contributed by atoms with Gasteiger partial charge in [0, 0.05) is 16.5 Å². The van der Waals surface area contributed by atoms with Crippen molar-refractivity contribution in [3.63, 3.8) is 0 Å². The van der Waals surface area contributed by atoms with E-state index in [1.807, 2.05) is 18.2 Å². The van der Waals surface area contributed by atoms with Gasteiger partial charge in [0.2, 0.25) is 0 Å². The van der Waals surface area contributed by atoms with Gasteiger partial charge < -0.3 is 9.47 Å². The summed E-state index contributed by atoms with van der Waals surface area (Å²) in [6.07, 6.45) is 4.04. The molecular formula is C22H22BrN3O4. The molecule has 0 amide bonds. The van der Waals surface area contributed by atoms with Crippen molar-refractivity contribution < 1.29 is 14.3 Å². The Morgan fingerprint density at radius 3 is 2.83 bits per heavy atom. The molecule has 0 saturated carbocycles. The highest BCUT2D eigenvalue weighted by atomic mass is 79.9. The number of carbonyl (C=O) groups excluding carboxylic acids is 1. The molecule has 30 heavy (non-hydrogen) atoms. The van der Waals surface area contributed by atoms with Gasteiger partial charge in [0.15, 0.2) is 6.61 Å². The molecule has 0 aliphatic heterocycles. The third kappa shape index (κ3) is 5.13. The molecule has 8 heteroatoms. The summed E-state index contributed by atoms with van der Waals surface area (Å²) in [5, 5.41) is 4.91. The second-order valence-corrected chi connectivity index (χ2v) is 7.47. The van der Waals surface area contributed by atoms with Gasteiger partial charge in [-0.3, -0.25) is 4.79 Å². The van der Waals surface area contributed by atoms with Crippen molar-refractivity contribution in [2.24, 2.45) is 5.10 Å². The van der Waals surface area contributed by atoms with Crippen LogP contribution in [-0.2, 0) is 16.0 Å². The summed E-state index contributed by atoms with van der Waals surface area (Å²) in [7, 11) is 1.30. The number of para-hydroxylation sites is 1. The number of nitrogens with zero attached hydrogens (tertiary/aromatic N) is 3. The first-order valence-corrected chi connectivity index (χ1v) is 10.4. The van der Waals surface area contributed by atoms with Gasteiger partial charge in [-0.2, -0.15) is 9.78 Å². The fourth-order valence-electron chi connectivity index (χ4n) is 2.84. The van der Waals surface area contributed by atoms with Crippen LogP contribution in [0.5, 0.6) is 5.75 Å². The number of hydrogen-bond donors (Lipinski definition) is 0. The van der Waals surface area contributed by atoms with Gasteiger partial charge in [-0.25, -0.2) is 9.78 Å². The number of esters is 1. The lowest BCUT2D eigenvalue weighted by Crippen LogP contribution is -2.22. The maximum absolute atomic E-state index is 13.1. The van der Waals surface area contributed by atoms with Crippen LogP contribution in [0.1, 0.15) is 31.2 Å². The first-order chi connectivity index (χ1) is 14.5. The molecule has 2 aromatic carbocycles. The minimum Gasteiger partial charge on any atom is -0.481 e. The summed E-state index contributed by atoms with van der Waals surface area (Å²) >= 11 is 3.40. The number of fused-ring (bicyclic) bond motifs is 1. The van der Waals surface area contributed by atoms with Gasteiger partial charge >= 0.3 is 5.97 Å². The number of ether oxygens (including phenoxy) is 2. The number of aromatic nitrogens is 2. The average Bonchev–Trinajstić information content (AvgIpc) is 2.76. The van der Waals surface area contributed by atoms with E-state index in [2.05, 4.69) is 37.7 Å². The smallest absolute Gasteiger partial charge is 0.343 e. The van der Waals surface area contributed by atoms with Crippen LogP contribution in [0, 0.1) is 0 Å². The molecule has 0 saturated heterocycles. The van der Waals surface area contributed by atoms with Crippen molar-refractivity contribution in [3.8, 4) is 5.75 Å². The minimum atomic E-state index is -0.482. The Kier molecular flexibility index (Phi) is 7.35. The van der Waals surface area contributed by atoms with Crippen molar-refractivity contribution in [2.45, 2.75) is 26.2 Å². The summed E-state index contributed by atoms with van der Waals surface area (Å²) in [5.74, 6) is 0.580. The molecule has 7 nitrogen and oxygen atoms in total. The molecule has 3 rings (SSSR count). The first-order valence-electron chi connectivity index (χ1n) is 9.57. The van der Waals surface area contributed by atoms with Crippen LogP contribution in [0.3, 0.4) is 0 Å². The lowest BCUT2D eigenvalue weighted by molar-refractivity contribution is -0.142. The number of aryl methyl sites for hydroxylation is 1. The first kappa shape index (κ1) is 21.7. The Morgan fingerprint density at radius 1 is 1.27 bits per heavy atom. The molecule has 0 unspecified atom stereocenters. The number of hydrogen-bond acceptors (Lipinski definition) is 6. The maximum Gasteiger partial charge on any atom is 0.343 e. The predicted molar refractivity (Wildman–Crippen MR) is 119 cm³/mol. The van der Waals surface area contributed by atoms with Crippen molar-refractivity contribution in [1.29, 1.82) is 0 Å². The zero-order chi connectivity index (χ0) is 21.5. The highest BCUT2D eigenvalue weighted by molar-refractivity contribution is 9.10. The van der Waals surface area contributed by atoms with E-state index in [0.29, 0.717) is 34.5 Å². The Morgan fingerprint density at radius 2 is 2.07 bits per heavy atom. The maximum atomic E-state index is 13.1. The average molecular weight is 472 g/mol. The van der Waals surface area contributed by atoms with Gasteiger partial charge in [0.05, 0.1) is 24.2 Å². The Balaban J connectivity index is 2.02. The molecule has 0 radical (unpaired) electrons. The quantitative estimate of drug-likeness (QED) is 0.367. The zero-order valence-electron chi connectivity index (χ0n) is 16.8. The fourth-order valence-corrected chi connectivity index (χ4v) is 3.21. The Bertz CT molecular complexity index is 1140. The minimum absolute atomic E-state index is 0.214. The number of methoxy groups -OCH3 is 1. The monoisotopic (exact) mass is 471 g/mol. The number of unbranched alkanes of at least 4 members (excludes halogenated alkanes) is 1. The highest BCUT2D eigenvalue weighted by Crippen LogP contribution is 2.18. The third-order valence-electron chi connectivity index (χ3n) is 4.43. The molecule has 156 valence electrons. The molecule has 0 aliphatic carbocycles. The normalized spacial score (nSPS) is 11.2. The summed E-state index contributed by atoms with van der Waals surface area (Å²) in [6, 6.07) is 12.5. The van der Waals surface area contributed by atoms with Crippen LogP contribution in [0.25, 0.3) is 10.9 Å². The van der Waals surface area contributed by atoms with E-state index in [-0.39, 0.29) is 12.2 Å². The molecule has 0 atom stereocenters. The molecule has 0 spiro atoms. The zero-order valence-corrected chi connectivity index (χ0v) is 18.4. The second kappa shape index (κ2) is 10.2. The van der Waals surface area contributed by atoms with Gasteiger partial charge in [0.25, 0.3) is 5.56 Å². The van der Waals surface area contributed by atoms with Gasteiger partial charge in [-0.1, -0.05) is 41.4 Å². The lowest BCUT2D eigenvalue weighted by atomic mass is 10.2. The molecule has 0 bridgehead atoms. The summed E-state index contributed by atoms with van der Waals surface area (Å²) < 4.78 is 12.3. The number of rotatable bonds is 8. The Labute approximate surface area is 182 Å². The van der Waals surface area contributed by atoms with Crippen molar-refractivity contribution >= 4 is 39.0 Å². The number of halogens is 1. The van der Waals surface area contributed by atoms with Crippen molar-refractivity contribution in [3.05, 3.63) is 68.7 Å². The molecule has 1 aromatic heterocycles. The van der Waals surface area contributed by atoms with Gasteiger partial charge in [-0.15, -0.1) is 0 Å². The van der Waals surface area contributed by atoms with Crippen LogP contribution in [-0.4, -0.2) is 35.6 Å². The molecule has 3 aromatic rings. The van der Waals surface area contributed by atoms with E-state index < -0.39 is 5.97 Å². The third-order valence-corrected chi connectivity index (χ3v) is 4.93. The van der Waals surface area contributed by atoms with Crippen molar-refractivity contribution in [2.75, 3.05) is 13.7 Å². The molecule has 1 heterocycles. The van der Waals surface area contributed by atoms with E-state index >= 15 is 0 Å². The van der Waals surface area contributed by atoms with Gasteiger partial charge in [-0.05, 0) is 36.8 Å². The number of carbonyl (C=O) groups is 1. The van der Waals surface area contributed by atoms with E-state index in [9.17, 15) is 9.59 Å². The van der Waals surface area contributed by atoms with Crippen LogP contribution >= 0.6 is 15.9 Å². The molecule has 0 N–H and O–H groups in total. The SMILES string of the molecule is CCCCc1nc2ccc(Br)cc2c(=O)n1N=Cc1ccccc1OCC(=O)OC. The molecule has 0 fully saturated rings. The van der Waals surface area contributed by atoms with E-state index in [0.717, 1.165) is 17.3 Å². The van der Waals surface area contributed by atoms with Crippen molar-refractivity contribution in [1.82, 2.24) is 9.66 Å². The summed E-state index contributed by atoms with van der Waals surface area (Å²) in [5.41, 5.74) is 1.03. The largest absolute Gasteiger partial charge is 0.481 e. The number of benzene rings is 2. The summed E-state index contributed by atoms with van der Waals surface area (Å²) in [6.45, 7) is 1.87. The van der Waals surface area contributed by atoms with E-state index in [4.69, 9.17) is 4.74 Å². The molecule has 0 aliphatic rings. The van der Waals surface area contributed by atoms with Crippen LogP contribution in [0.2, 0.25) is 0 Å². The second-order valence-electron chi connectivity index (χ2n) is 6.56. The van der Waals surface area contributed by atoms with Crippen LogP contribution in [0.4, 0.5) is 0 Å². The van der Waals surface area contributed by atoms with Crippen LogP contribution in [0.15, 0.2) is 56.8 Å². The van der Waals surface area contributed by atoms with E-state index in [1.54, 1.807) is 24.3 Å².